The lowest BCUT2D eigenvalue weighted by Gasteiger charge is -2.19. The van der Waals surface area contributed by atoms with E-state index in [2.05, 4.69) is 91.0 Å². The Morgan fingerprint density at radius 2 is 0.923 bits per heavy atom. The molecule has 0 fully saturated rings. The maximum Gasteiger partial charge on any atom is 0.102 e. The zero-order valence-corrected chi connectivity index (χ0v) is 21.9. The molecule has 0 aliphatic rings. The van der Waals surface area contributed by atoms with Crippen molar-refractivity contribution >= 4 is 64.9 Å². The first-order valence-corrected chi connectivity index (χ1v) is 13.8. The molecule has 0 radical (unpaired) electrons. The summed E-state index contributed by atoms with van der Waals surface area (Å²) in [4.78, 5) is 0. The summed E-state index contributed by atoms with van der Waals surface area (Å²) in [5.74, 6) is 0. The van der Waals surface area contributed by atoms with Crippen molar-refractivity contribution in [3.05, 3.63) is 145 Å². The van der Waals surface area contributed by atoms with E-state index in [0.29, 0.717) is 10.1 Å². The summed E-state index contributed by atoms with van der Waals surface area (Å²) in [5, 5.41) is 27.9. The molecular formula is C36H24N2S. The van der Waals surface area contributed by atoms with E-state index >= 15 is 0 Å². The molecule has 0 aliphatic heterocycles. The summed E-state index contributed by atoms with van der Waals surface area (Å²) in [6.45, 7) is 0. The van der Waals surface area contributed by atoms with E-state index in [1.807, 2.05) is 42.5 Å². The van der Waals surface area contributed by atoms with E-state index in [0.717, 1.165) is 32.7 Å². The van der Waals surface area contributed by atoms with Gasteiger partial charge in [0.15, 0.2) is 0 Å². The second-order valence-corrected chi connectivity index (χ2v) is 10.7. The topological polar surface area (TPSA) is 47.7 Å². The minimum atomic E-state index is 0.373. The van der Waals surface area contributed by atoms with Gasteiger partial charge in [-0.1, -0.05) is 139 Å². The highest BCUT2D eigenvalue weighted by molar-refractivity contribution is 8.27. The first-order chi connectivity index (χ1) is 19.2. The van der Waals surface area contributed by atoms with Gasteiger partial charge in [-0.3, -0.25) is 10.8 Å². The Morgan fingerprint density at radius 3 is 1.56 bits per heavy atom. The summed E-state index contributed by atoms with van der Waals surface area (Å²) in [5.41, 5.74) is 4.07. The van der Waals surface area contributed by atoms with Gasteiger partial charge in [0, 0.05) is 11.1 Å². The van der Waals surface area contributed by atoms with Crippen LogP contribution in [0.25, 0.3) is 54.2 Å². The zero-order chi connectivity index (χ0) is 26.3. The van der Waals surface area contributed by atoms with Gasteiger partial charge in [0.25, 0.3) is 0 Å². The molecule has 0 amide bonds. The minimum absolute atomic E-state index is 0.373. The van der Waals surface area contributed by atoms with Crippen molar-refractivity contribution in [2.75, 3.05) is 0 Å². The van der Waals surface area contributed by atoms with Crippen LogP contribution in [0.4, 0.5) is 0 Å². The predicted octanol–water partition coefficient (Wildman–Crippen LogP) is 10.1. The fraction of sp³-hybridized carbons (Fsp3) is 0. The number of rotatable bonds is 3. The molecule has 0 bridgehead atoms. The molecule has 0 unspecified atom stereocenters. The molecule has 0 aliphatic carbocycles. The smallest absolute Gasteiger partial charge is 0.102 e. The summed E-state index contributed by atoms with van der Waals surface area (Å²) >= 11 is 1.21. The Bertz CT molecular complexity index is 2020. The predicted molar refractivity (Wildman–Crippen MR) is 170 cm³/mol. The highest BCUT2D eigenvalue weighted by atomic mass is 32.2. The molecule has 2 nitrogen and oxygen atoms in total. The third-order valence-corrected chi connectivity index (χ3v) is 8.28. The van der Waals surface area contributed by atoms with Crippen molar-refractivity contribution in [1.82, 2.24) is 0 Å². The Balaban J connectivity index is 1.53. The number of benzene rings is 7. The van der Waals surface area contributed by atoms with Crippen LogP contribution in [0.1, 0.15) is 11.1 Å². The summed E-state index contributed by atoms with van der Waals surface area (Å²) in [7, 11) is 0. The molecule has 0 spiro atoms. The van der Waals surface area contributed by atoms with Crippen molar-refractivity contribution in [2.45, 2.75) is 0 Å². The molecule has 7 rings (SSSR count). The van der Waals surface area contributed by atoms with Gasteiger partial charge >= 0.3 is 0 Å². The quantitative estimate of drug-likeness (QED) is 0.104. The number of hydrogen-bond acceptors (Lipinski definition) is 3. The zero-order valence-electron chi connectivity index (χ0n) is 21.1. The van der Waals surface area contributed by atoms with Crippen molar-refractivity contribution in [2.24, 2.45) is 0 Å². The minimum Gasteiger partial charge on any atom is -0.293 e. The van der Waals surface area contributed by atoms with Crippen LogP contribution >= 0.6 is 11.8 Å². The van der Waals surface area contributed by atoms with E-state index in [9.17, 15) is 5.41 Å². The number of thioether (sulfide) groups is 1. The van der Waals surface area contributed by atoms with E-state index < -0.39 is 0 Å². The van der Waals surface area contributed by atoms with Gasteiger partial charge in [0.2, 0.25) is 0 Å². The number of fused-ring (bicyclic) bond motifs is 5. The lowest BCUT2D eigenvalue weighted by atomic mass is 9.85. The van der Waals surface area contributed by atoms with Crippen LogP contribution in [0.3, 0.4) is 0 Å². The van der Waals surface area contributed by atoms with Crippen molar-refractivity contribution in [3.63, 3.8) is 0 Å². The molecular weight excluding hydrogens is 492 g/mol. The Kier molecular flexibility index (Phi) is 5.72. The molecule has 3 heteroatoms. The van der Waals surface area contributed by atoms with E-state index in [-0.39, 0.29) is 0 Å². The molecule has 7 aromatic carbocycles. The molecule has 184 valence electrons. The summed E-state index contributed by atoms with van der Waals surface area (Å²) in [6.07, 6.45) is 0. The third kappa shape index (κ3) is 3.91. The summed E-state index contributed by atoms with van der Waals surface area (Å²) in [6, 6.07) is 46.0. The average Bonchev–Trinajstić information content (AvgIpc) is 3.00. The highest BCUT2D eigenvalue weighted by Gasteiger charge is 2.21. The normalized spacial score (nSPS) is 11.4. The average molecular weight is 517 g/mol. The molecule has 2 N–H and O–H groups in total. The van der Waals surface area contributed by atoms with Gasteiger partial charge in [-0.05, 0) is 60.3 Å². The van der Waals surface area contributed by atoms with Gasteiger partial charge in [0.05, 0.1) is 0 Å². The van der Waals surface area contributed by atoms with Crippen LogP contribution < -0.4 is 0 Å². The fourth-order valence-corrected chi connectivity index (χ4v) is 6.51. The van der Waals surface area contributed by atoms with Gasteiger partial charge in [-0.25, -0.2) is 0 Å². The van der Waals surface area contributed by atoms with Crippen LogP contribution in [-0.4, -0.2) is 10.1 Å². The highest BCUT2D eigenvalue weighted by Crippen LogP contribution is 2.44. The first-order valence-electron chi connectivity index (χ1n) is 13.0. The van der Waals surface area contributed by atoms with Gasteiger partial charge in [-0.15, -0.1) is 0 Å². The number of hydrogen-bond donors (Lipinski definition) is 2. The Labute approximate surface area is 230 Å². The van der Waals surface area contributed by atoms with Crippen LogP contribution in [0.2, 0.25) is 0 Å². The van der Waals surface area contributed by atoms with Crippen LogP contribution in [0.15, 0.2) is 133 Å². The lowest BCUT2D eigenvalue weighted by molar-refractivity contribution is 1.52. The summed E-state index contributed by atoms with van der Waals surface area (Å²) < 4.78 is 0. The Morgan fingerprint density at radius 1 is 0.436 bits per heavy atom. The first kappa shape index (κ1) is 23.4. The lowest BCUT2D eigenvalue weighted by Crippen LogP contribution is -2.04. The van der Waals surface area contributed by atoms with E-state index in [4.69, 9.17) is 5.41 Å². The van der Waals surface area contributed by atoms with Crippen LogP contribution in [-0.2, 0) is 0 Å². The maximum absolute atomic E-state index is 9.21. The van der Waals surface area contributed by atoms with Crippen molar-refractivity contribution < 1.29 is 0 Å². The monoisotopic (exact) mass is 516 g/mol. The SMILES string of the molecule is N=C(SC(=N)c1c2ccccc2c(-c2cc3ccccc3c3ccccc23)c2ccccc12)c1ccccc1. The van der Waals surface area contributed by atoms with E-state index in [1.165, 1.54) is 44.4 Å². The largest absolute Gasteiger partial charge is 0.293 e. The van der Waals surface area contributed by atoms with Gasteiger partial charge < -0.3 is 0 Å². The van der Waals surface area contributed by atoms with Gasteiger partial charge in [0.1, 0.15) is 10.1 Å². The molecule has 0 saturated heterocycles. The molecule has 0 heterocycles. The standard InChI is InChI=1S/C36H24N2S/c37-35(23-12-2-1-3-13-23)39-36(38)34-30-20-10-8-18-28(30)33(29-19-9-11-21-31(29)34)32-22-24-14-4-5-15-25(24)26-16-6-7-17-27(26)32/h1-22,37-38H. The molecule has 0 atom stereocenters. The van der Waals surface area contributed by atoms with Gasteiger partial charge in [-0.2, -0.15) is 0 Å². The van der Waals surface area contributed by atoms with Crippen molar-refractivity contribution in [3.8, 4) is 11.1 Å². The molecule has 7 aromatic rings. The van der Waals surface area contributed by atoms with Crippen LogP contribution in [0, 0.1) is 10.8 Å². The van der Waals surface area contributed by atoms with Crippen LogP contribution in [0.5, 0.6) is 0 Å². The van der Waals surface area contributed by atoms with E-state index in [1.54, 1.807) is 0 Å². The molecule has 0 aromatic heterocycles. The maximum atomic E-state index is 9.21. The molecule has 0 saturated carbocycles. The second-order valence-electron chi connectivity index (χ2n) is 9.66. The number of nitrogens with one attached hydrogen (secondary N) is 2. The second kappa shape index (κ2) is 9.54. The fourth-order valence-electron chi connectivity index (χ4n) is 5.73. The third-order valence-electron chi connectivity index (χ3n) is 7.44. The Hall–Kier alpha value is -4.73. The van der Waals surface area contributed by atoms with Crippen molar-refractivity contribution in [1.29, 1.82) is 10.8 Å². The molecule has 39 heavy (non-hydrogen) atoms.